The van der Waals surface area contributed by atoms with Crippen LogP contribution in [0.4, 0.5) is 0 Å². The van der Waals surface area contributed by atoms with Crippen molar-refractivity contribution in [1.82, 2.24) is 0 Å². The van der Waals surface area contributed by atoms with Crippen LogP contribution in [0.15, 0.2) is 11.6 Å². The maximum absolute atomic E-state index is 13.2. The number of allylic oxidation sites excluding steroid dienone is 2. The molecule has 34 atom stereocenters. The van der Waals surface area contributed by atoms with Crippen LogP contribution in [0, 0.1) is 40.4 Å². The smallest absolute Gasteiger partial charge is 0.726 e. The SMILES string of the molecule is CC(C)CC(=O)C[C@](C)(O)C1CCC2C3C[C@H](OC4OC(C)C(O)C(OC5OC(C)C(OC6OC(CO)C(O)C(O)C6OC6OC(C)C(O)C(O)C6O)C(O)C5OC5OC(C)C(O)C(O)C5O)C4O)[C@H]4C[C@@H](OS(=O)(=O)[O-])CC[C@]4(C)C3=CC[C@@]21C.[Na+]. The molecule has 9 rings (SSSR count). The number of Topliss-reactive ketones (excluding diaryl/α,β-unsaturated/α-hetero) is 1. The molecule has 28 unspecified atom stereocenters. The number of carbonyl (C=O) groups excluding carboxylic acids is 1. The Bertz CT molecular complexity index is 2460. The summed E-state index contributed by atoms with van der Waals surface area (Å²) in [5, 5.41) is 146. The predicted molar refractivity (Wildman–Crippen MR) is 288 cm³/mol. The van der Waals surface area contributed by atoms with E-state index in [1.807, 2.05) is 13.8 Å². The standard InChI is InChI=1S/C57H94O28S.Na/c1-21(2)16-26(59)19-57(9,71)34-11-10-29-28-18-32(31-17-27(85-86(72,73)74)12-14-55(31,7)30(28)13-15-56(29,34)8)79-52-45(70)47(37(62)24(5)77-52)82-53-49(84-51-43(68)40(65)36(61)23(4)76-51)44(69)46(25(6)78-53)81-54-48(41(66)38(63)33(20-58)80-54)83-50-42(67)39(64)35(60)22(3)75-50;/h13,21-25,27-29,31-54,58,60-71H,10-12,14-20H2,1-9H3,(H,72,73,74);/q;+1/p-1/t22?,23?,24?,25?,27-,28?,29?,31+,32-,33?,34?,35?,36?,37?,38?,39?,40?,41?,42?,43?,44?,45?,46?,47?,48?,49?,50?,51?,52?,53?,54?,55+,56-,57-;/m0./s1. The molecule has 5 aliphatic heterocycles. The number of rotatable bonds is 18. The Kier molecular flexibility index (Phi) is 23.2. The van der Waals surface area contributed by atoms with Gasteiger partial charge in [0, 0.05) is 12.8 Å². The van der Waals surface area contributed by atoms with Crippen LogP contribution >= 0.6 is 0 Å². The number of aliphatic hydroxyl groups is 13. The van der Waals surface area contributed by atoms with Crippen molar-refractivity contribution < 1.29 is 165 Å². The molecule has 9 aliphatic rings. The molecule has 0 aromatic carbocycles. The molecule has 0 amide bonds. The van der Waals surface area contributed by atoms with E-state index in [0.717, 1.165) is 5.57 Å². The van der Waals surface area contributed by atoms with Gasteiger partial charge in [-0.3, -0.25) is 8.98 Å². The zero-order valence-electron chi connectivity index (χ0n) is 51.0. The summed E-state index contributed by atoms with van der Waals surface area (Å²) >= 11 is 0. The zero-order valence-corrected chi connectivity index (χ0v) is 53.8. The molecule has 0 aromatic heterocycles. The van der Waals surface area contributed by atoms with Crippen molar-refractivity contribution in [3.05, 3.63) is 11.6 Å². The number of hydrogen-bond donors (Lipinski definition) is 13. The molecular formula is C57H93NaO28S. The zero-order chi connectivity index (χ0) is 63.2. The second-order valence-corrected chi connectivity index (χ2v) is 28.1. The van der Waals surface area contributed by atoms with E-state index in [0.29, 0.717) is 38.5 Å². The van der Waals surface area contributed by atoms with Crippen LogP contribution in [0.2, 0.25) is 0 Å². The van der Waals surface area contributed by atoms with Crippen molar-refractivity contribution in [3.63, 3.8) is 0 Å². The molecule has 0 aromatic rings. The van der Waals surface area contributed by atoms with Crippen molar-refractivity contribution >= 4 is 16.2 Å². The molecule has 0 radical (unpaired) electrons. The molecule has 4 aliphatic carbocycles. The number of aliphatic hydroxyl groups excluding tert-OH is 12. The number of ketones is 1. The normalized spacial score (nSPS) is 51.1. The van der Waals surface area contributed by atoms with Gasteiger partial charge in [-0.25, -0.2) is 8.42 Å². The molecule has 87 heavy (non-hydrogen) atoms. The van der Waals surface area contributed by atoms with Gasteiger partial charge in [-0.15, -0.1) is 0 Å². The Morgan fingerprint density at radius 3 is 1.71 bits per heavy atom. The molecule has 3 saturated carbocycles. The van der Waals surface area contributed by atoms with Gasteiger partial charge in [0.25, 0.3) is 0 Å². The van der Waals surface area contributed by atoms with Crippen molar-refractivity contribution in [2.24, 2.45) is 40.4 Å². The summed E-state index contributed by atoms with van der Waals surface area (Å²) in [7, 11) is -5.14. The first-order valence-electron chi connectivity index (χ1n) is 30.3. The molecule has 13 N–H and O–H groups in total. The molecule has 30 heteroatoms. The summed E-state index contributed by atoms with van der Waals surface area (Å²) in [6.07, 6.45) is -39.1. The van der Waals surface area contributed by atoms with Crippen LogP contribution in [0.5, 0.6) is 0 Å². The summed E-state index contributed by atoms with van der Waals surface area (Å²) in [5.74, 6) is -0.877. The fourth-order valence-electron chi connectivity index (χ4n) is 16.0. The first-order chi connectivity index (χ1) is 40.1. The van der Waals surface area contributed by atoms with Gasteiger partial charge in [0.2, 0.25) is 10.4 Å². The van der Waals surface area contributed by atoms with Crippen molar-refractivity contribution in [2.45, 2.75) is 291 Å². The van der Waals surface area contributed by atoms with Crippen LogP contribution in [0.3, 0.4) is 0 Å². The van der Waals surface area contributed by atoms with Crippen molar-refractivity contribution in [1.29, 1.82) is 0 Å². The molecule has 0 spiro atoms. The summed E-state index contributed by atoms with van der Waals surface area (Å²) in [6, 6.07) is 0. The van der Waals surface area contributed by atoms with E-state index in [-0.39, 0.29) is 78.3 Å². The van der Waals surface area contributed by atoms with Gasteiger partial charge < -0.3 is 118 Å². The number of carbonyl (C=O) groups is 1. The third kappa shape index (κ3) is 14.5. The summed E-state index contributed by atoms with van der Waals surface area (Å²) < 4.78 is 103. The average Bonchev–Trinajstić information content (AvgIpc) is 1.71. The minimum Gasteiger partial charge on any atom is -0.726 e. The Labute approximate surface area is 528 Å². The van der Waals surface area contributed by atoms with Gasteiger partial charge >= 0.3 is 29.6 Å². The molecule has 0 bridgehead atoms. The van der Waals surface area contributed by atoms with Crippen LogP contribution in [-0.4, -0.2) is 263 Å². The fourth-order valence-corrected chi connectivity index (χ4v) is 16.6. The van der Waals surface area contributed by atoms with E-state index in [1.165, 1.54) is 27.7 Å². The van der Waals surface area contributed by atoms with Gasteiger partial charge in [-0.1, -0.05) is 39.3 Å². The third-order valence-corrected chi connectivity index (χ3v) is 21.1. The maximum atomic E-state index is 13.2. The molecular weight excluding hydrogens is 1190 g/mol. The summed E-state index contributed by atoms with van der Waals surface area (Å²) in [5.41, 5.74) is -1.32. The second kappa shape index (κ2) is 28.0. The molecule has 5 heterocycles. The number of ether oxygens (including phenoxy) is 10. The second-order valence-electron chi connectivity index (χ2n) is 27.1. The van der Waals surface area contributed by atoms with Crippen molar-refractivity contribution in [3.8, 4) is 0 Å². The molecule has 28 nitrogen and oxygen atoms in total. The first kappa shape index (κ1) is 72.2. The van der Waals surface area contributed by atoms with Gasteiger partial charge in [-0.05, 0) is 120 Å². The Morgan fingerprint density at radius 2 is 1.15 bits per heavy atom. The topological polar surface area (TPSA) is 439 Å². The van der Waals surface area contributed by atoms with Gasteiger partial charge in [-0.2, -0.15) is 0 Å². The van der Waals surface area contributed by atoms with E-state index in [4.69, 9.17) is 51.6 Å². The minimum atomic E-state index is -5.14. The van der Waals surface area contributed by atoms with Gasteiger partial charge in [0.1, 0.15) is 103 Å². The van der Waals surface area contributed by atoms with Crippen LogP contribution in [0.1, 0.15) is 120 Å². The van der Waals surface area contributed by atoms with Crippen LogP contribution in [-0.2, 0) is 66.7 Å². The van der Waals surface area contributed by atoms with Gasteiger partial charge in [0.15, 0.2) is 31.5 Å². The van der Waals surface area contributed by atoms with Crippen LogP contribution < -0.4 is 29.6 Å². The summed E-state index contributed by atoms with van der Waals surface area (Å²) in [6.45, 7) is 14.6. The monoisotopic (exact) mass is 1280 g/mol. The maximum Gasteiger partial charge on any atom is 1.00 e. The minimum absolute atomic E-state index is 0. The summed E-state index contributed by atoms with van der Waals surface area (Å²) in [4.78, 5) is 13.2. The van der Waals surface area contributed by atoms with E-state index < -0.39 is 205 Å². The average molecular weight is 1280 g/mol. The quantitative estimate of drug-likeness (QED) is 0.0263. The number of fused-ring (bicyclic) bond motifs is 5. The van der Waals surface area contributed by atoms with E-state index in [9.17, 15) is 84.1 Å². The first-order valence-corrected chi connectivity index (χ1v) is 31.7. The van der Waals surface area contributed by atoms with E-state index in [2.05, 4.69) is 19.9 Å². The predicted octanol–water partition coefficient (Wildman–Crippen LogP) is -5.63. The Hall–Kier alpha value is -0.640. The molecule has 5 saturated heterocycles. The Balaban J connectivity index is 0.00000982. The van der Waals surface area contributed by atoms with Gasteiger partial charge in [0.05, 0.1) is 48.8 Å². The molecule has 496 valence electrons. The van der Waals surface area contributed by atoms with E-state index in [1.54, 1.807) is 6.92 Å². The van der Waals surface area contributed by atoms with Crippen molar-refractivity contribution in [2.75, 3.05) is 6.61 Å². The largest absolute Gasteiger partial charge is 1.00 e. The van der Waals surface area contributed by atoms with E-state index >= 15 is 0 Å². The number of hydrogen-bond acceptors (Lipinski definition) is 28. The molecule has 8 fully saturated rings. The Morgan fingerprint density at radius 1 is 0.632 bits per heavy atom. The fraction of sp³-hybridized carbons (Fsp3) is 0.947. The van der Waals surface area contributed by atoms with Crippen LogP contribution in [0.25, 0.3) is 0 Å². The third-order valence-electron chi connectivity index (χ3n) is 20.6.